The first kappa shape index (κ1) is 17.9. The summed E-state index contributed by atoms with van der Waals surface area (Å²) in [4.78, 5) is 0. The molecule has 0 spiro atoms. The molecule has 0 aliphatic heterocycles. The summed E-state index contributed by atoms with van der Waals surface area (Å²) in [5, 5.41) is 10.5. The maximum absolute atomic E-state index is 12.0. The summed E-state index contributed by atoms with van der Waals surface area (Å²) in [6, 6.07) is 0. The predicted molar refractivity (Wildman–Crippen MR) is 83.1 cm³/mol. The van der Waals surface area contributed by atoms with Crippen LogP contribution in [-0.2, 0) is 10.0 Å². The molecule has 120 valence electrons. The van der Waals surface area contributed by atoms with Crippen molar-refractivity contribution in [1.29, 1.82) is 0 Å². The highest BCUT2D eigenvalue weighted by Gasteiger charge is 2.37. The average Bonchev–Trinajstić information content (AvgIpc) is 2.29. The average molecular weight is 305 g/mol. The Hall–Kier alpha value is -0.130. The largest absolute Gasteiger partial charge is 0.389 e. The fraction of sp³-hybridized carbons (Fsp3) is 1.00. The summed E-state index contributed by atoms with van der Waals surface area (Å²) < 4.78 is 26.5. The summed E-state index contributed by atoms with van der Waals surface area (Å²) in [5.74, 6) is 0.123. The van der Waals surface area contributed by atoms with Crippen molar-refractivity contribution in [3.8, 4) is 0 Å². The number of rotatable bonds is 5. The van der Waals surface area contributed by atoms with E-state index in [1.807, 2.05) is 20.8 Å². The standard InChI is InChI=1S/C15H31NO3S/c1-13(2,3)10-11-20(18,19)16-12-15(17)8-6-14(4,5)7-9-15/h16-17H,6-12H2,1-5H3. The van der Waals surface area contributed by atoms with Crippen molar-refractivity contribution in [2.45, 2.75) is 72.3 Å². The van der Waals surface area contributed by atoms with Crippen LogP contribution in [0.4, 0.5) is 0 Å². The predicted octanol–water partition coefficient (Wildman–Crippen LogP) is 2.67. The summed E-state index contributed by atoms with van der Waals surface area (Å²) in [5.41, 5.74) is -0.609. The van der Waals surface area contributed by atoms with Crippen LogP contribution in [0, 0.1) is 10.8 Å². The molecule has 0 saturated heterocycles. The van der Waals surface area contributed by atoms with Crippen molar-refractivity contribution < 1.29 is 13.5 Å². The first-order valence-electron chi connectivity index (χ1n) is 7.52. The van der Waals surface area contributed by atoms with Gasteiger partial charge in [-0.15, -0.1) is 0 Å². The summed E-state index contributed by atoms with van der Waals surface area (Å²) >= 11 is 0. The lowest BCUT2D eigenvalue weighted by Gasteiger charge is -2.40. The minimum Gasteiger partial charge on any atom is -0.389 e. The third-order valence-electron chi connectivity index (χ3n) is 4.28. The third kappa shape index (κ3) is 6.55. The minimum absolute atomic E-state index is 0.000510. The number of aliphatic hydroxyl groups is 1. The molecule has 1 saturated carbocycles. The van der Waals surface area contributed by atoms with Gasteiger partial charge in [-0.25, -0.2) is 13.1 Å². The molecule has 1 rings (SSSR count). The zero-order valence-corrected chi connectivity index (χ0v) is 14.4. The van der Waals surface area contributed by atoms with Crippen LogP contribution in [0.5, 0.6) is 0 Å². The maximum Gasteiger partial charge on any atom is 0.211 e. The van der Waals surface area contributed by atoms with Crippen LogP contribution >= 0.6 is 0 Å². The molecule has 0 atom stereocenters. The topological polar surface area (TPSA) is 66.4 Å². The molecule has 1 aliphatic rings. The van der Waals surface area contributed by atoms with Gasteiger partial charge in [0.2, 0.25) is 10.0 Å². The molecule has 2 N–H and O–H groups in total. The van der Waals surface area contributed by atoms with Crippen molar-refractivity contribution in [1.82, 2.24) is 4.72 Å². The first-order valence-corrected chi connectivity index (χ1v) is 9.18. The highest BCUT2D eigenvalue weighted by molar-refractivity contribution is 7.89. The number of sulfonamides is 1. The first-order chi connectivity index (χ1) is 8.83. The SMILES string of the molecule is CC(C)(C)CCS(=O)(=O)NCC1(O)CCC(C)(C)CC1. The third-order valence-corrected chi connectivity index (χ3v) is 5.60. The van der Waals surface area contributed by atoms with E-state index in [0.717, 1.165) is 12.8 Å². The second-order valence-corrected chi connectivity index (χ2v) is 10.3. The normalized spacial score (nSPS) is 22.7. The molecule has 0 heterocycles. The van der Waals surface area contributed by atoms with E-state index in [1.54, 1.807) is 0 Å². The molecular weight excluding hydrogens is 274 g/mol. The van der Waals surface area contributed by atoms with E-state index in [2.05, 4.69) is 18.6 Å². The number of nitrogens with one attached hydrogen (secondary N) is 1. The molecular formula is C15H31NO3S. The zero-order valence-electron chi connectivity index (χ0n) is 13.6. The van der Waals surface area contributed by atoms with Gasteiger partial charge in [0.1, 0.15) is 0 Å². The molecule has 0 aromatic heterocycles. The molecule has 0 aromatic rings. The van der Waals surface area contributed by atoms with Crippen LogP contribution < -0.4 is 4.72 Å². The Bertz CT molecular complexity index is 411. The van der Waals surface area contributed by atoms with Gasteiger partial charge in [-0.3, -0.25) is 0 Å². The van der Waals surface area contributed by atoms with E-state index in [4.69, 9.17) is 0 Å². The second-order valence-electron chi connectivity index (χ2n) is 8.34. The fourth-order valence-corrected chi connectivity index (χ4v) is 3.84. The monoisotopic (exact) mass is 305 g/mol. The zero-order chi connectivity index (χ0) is 15.7. The lowest BCUT2D eigenvalue weighted by Crippen LogP contribution is -2.47. The lowest BCUT2D eigenvalue weighted by molar-refractivity contribution is -0.0205. The number of hydrogen-bond acceptors (Lipinski definition) is 3. The van der Waals surface area contributed by atoms with Crippen molar-refractivity contribution in [3.05, 3.63) is 0 Å². The van der Waals surface area contributed by atoms with Crippen LogP contribution in [-0.4, -0.2) is 31.4 Å². The van der Waals surface area contributed by atoms with Crippen LogP contribution in [0.2, 0.25) is 0 Å². The maximum atomic E-state index is 12.0. The summed E-state index contributed by atoms with van der Waals surface area (Å²) in [6.45, 7) is 10.6. The van der Waals surface area contributed by atoms with Crippen molar-refractivity contribution in [2.24, 2.45) is 10.8 Å². The Morgan fingerprint density at radius 2 is 1.60 bits per heavy atom. The quantitative estimate of drug-likeness (QED) is 0.820. The van der Waals surface area contributed by atoms with E-state index >= 15 is 0 Å². The highest BCUT2D eigenvalue weighted by Crippen LogP contribution is 2.39. The highest BCUT2D eigenvalue weighted by atomic mass is 32.2. The molecule has 0 unspecified atom stereocenters. The van der Waals surface area contributed by atoms with Gasteiger partial charge in [0, 0.05) is 6.54 Å². The Balaban J connectivity index is 2.46. The summed E-state index contributed by atoms with van der Waals surface area (Å²) in [7, 11) is -3.29. The lowest BCUT2D eigenvalue weighted by atomic mass is 9.71. The number of hydrogen-bond donors (Lipinski definition) is 2. The van der Waals surface area contributed by atoms with Crippen LogP contribution in [0.3, 0.4) is 0 Å². The van der Waals surface area contributed by atoms with Crippen molar-refractivity contribution in [2.75, 3.05) is 12.3 Å². The fourth-order valence-electron chi connectivity index (χ4n) is 2.33. The van der Waals surface area contributed by atoms with E-state index in [0.29, 0.717) is 19.3 Å². The summed E-state index contributed by atoms with van der Waals surface area (Å²) in [6.07, 6.45) is 3.83. The Morgan fingerprint density at radius 3 is 2.05 bits per heavy atom. The Morgan fingerprint density at radius 1 is 1.10 bits per heavy atom. The van der Waals surface area contributed by atoms with Gasteiger partial charge in [-0.2, -0.15) is 0 Å². The molecule has 5 heteroatoms. The molecule has 0 amide bonds. The van der Waals surface area contributed by atoms with E-state index in [9.17, 15) is 13.5 Å². The van der Waals surface area contributed by atoms with E-state index < -0.39 is 15.6 Å². The molecule has 0 bridgehead atoms. The molecule has 1 aliphatic carbocycles. The van der Waals surface area contributed by atoms with Gasteiger partial charge in [-0.1, -0.05) is 34.6 Å². The van der Waals surface area contributed by atoms with E-state index in [-0.39, 0.29) is 23.1 Å². The minimum atomic E-state index is -3.29. The van der Waals surface area contributed by atoms with Gasteiger partial charge < -0.3 is 5.11 Å². The van der Waals surface area contributed by atoms with Gasteiger partial charge in [-0.05, 0) is 42.9 Å². The second kappa shape index (κ2) is 5.93. The van der Waals surface area contributed by atoms with Gasteiger partial charge >= 0.3 is 0 Å². The molecule has 20 heavy (non-hydrogen) atoms. The van der Waals surface area contributed by atoms with Gasteiger partial charge in [0.05, 0.1) is 11.4 Å². The molecule has 4 nitrogen and oxygen atoms in total. The van der Waals surface area contributed by atoms with Crippen molar-refractivity contribution >= 4 is 10.0 Å². The van der Waals surface area contributed by atoms with Gasteiger partial charge in [0.25, 0.3) is 0 Å². The van der Waals surface area contributed by atoms with Crippen LogP contribution in [0.25, 0.3) is 0 Å². The van der Waals surface area contributed by atoms with E-state index in [1.165, 1.54) is 0 Å². The molecule has 1 fully saturated rings. The van der Waals surface area contributed by atoms with Crippen LogP contribution in [0.1, 0.15) is 66.7 Å². The van der Waals surface area contributed by atoms with Gasteiger partial charge in [0.15, 0.2) is 0 Å². The Kier molecular flexibility index (Phi) is 5.32. The molecule has 0 aromatic carbocycles. The van der Waals surface area contributed by atoms with Crippen molar-refractivity contribution in [3.63, 3.8) is 0 Å². The molecule has 0 radical (unpaired) electrons. The smallest absolute Gasteiger partial charge is 0.211 e. The Labute approximate surface area is 124 Å². The van der Waals surface area contributed by atoms with Crippen LogP contribution in [0.15, 0.2) is 0 Å².